The number of hydrogen-bond acceptors (Lipinski definition) is 2. The molecule has 5 nitrogen and oxygen atoms in total. The van der Waals surface area contributed by atoms with E-state index >= 15 is 0 Å². The molecule has 0 aliphatic carbocycles. The molecular weight excluding hydrogens is 280 g/mol. The Kier molecular flexibility index (Phi) is 5.58. The van der Waals surface area contributed by atoms with Crippen LogP contribution in [0.25, 0.3) is 0 Å². The van der Waals surface area contributed by atoms with Crippen molar-refractivity contribution in [3.8, 4) is 0 Å². The lowest BCUT2D eigenvalue weighted by Gasteiger charge is -2.22. The van der Waals surface area contributed by atoms with Gasteiger partial charge in [-0.2, -0.15) is 0 Å². The molecule has 1 aromatic rings. The fraction of sp³-hybridized carbons (Fsp3) is 0.286. The third-order valence-corrected chi connectivity index (χ3v) is 2.82. The number of nitrogens with one attached hydrogen (secondary N) is 1. The van der Waals surface area contributed by atoms with Crippen LogP contribution in [0.3, 0.4) is 0 Å². The zero-order chi connectivity index (χ0) is 15.3. The zero-order valence-corrected chi connectivity index (χ0v) is 12.2. The van der Waals surface area contributed by atoms with Crippen LogP contribution in [-0.2, 0) is 0 Å². The van der Waals surface area contributed by atoms with E-state index in [0.29, 0.717) is 18.1 Å². The second-order valence-corrected chi connectivity index (χ2v) is 4.83. The Morgan fingerprint density at radius 2 is 2.10 bits per heavy atom. The number of carboxylic acid groups (broad SMARTS) is 1. The van der Waals surface area contributed by atoms with Crippen LogP contribution in [0.15, 0.2) is 30.4 Å². The quantitative estimate of drug-likeness (QED) is 0.817. The van der Waals surface area contributed by atoms with Crippen molar-refractivity contribution in [1.82, 2.24) is 4.90 Å². The second-order valence-electron chi connectivity index (χ2n) is 4.40. The molecule has 108 valence electrons. The average molecular weight is 297 g/mol. The summed E-state index contributed by atoms with van der Waals surface area (Å²) in [4.78, 5) is 24.8. The summed E-state index contributed by atoms with van der Waals surface area (Å²) in [7, 11) is 0. The number of amides is 2. The number of hydrogen-bond donors (Lipinski definition) is 2. The van der Waals surface area contributed by atoms with Gasteiger partial charge in [0.05, 0.1) is 11.3 Å². The molecule has 0 unspecified atom stereocenters. The summed E-state index contributed by atoms with van der Waals surface area (Å²) in [6.07, 6.45) is 0. The molecule has 1 rings (SSSR count). The number of carbonyl (C=O) groups is 2. The normalized spacial score (nSPS) is 9.95. The maximum absolute atomic E-state index is 12.1. The number of benzene rings is 1. The van der Waals surface area contributed by atoms with Crippen LogP contribution in [0.1, 0.15) is 24.2 Å². The molecule has 0 saturated carbocycles. The van der Waals surface area contributed by atoms with Gasteiger partial charge < -0.3 is 15.3 Å². The van der Waals surface area contributed by atoms with E-state index in [2.05, 4.69) is 11.9 Å². The first-order chi connectivity index (χ1) is 9.35. The molecular formula is C14H17ClN2O3. The highest BCUT2D eigenvalue weighted by Crippen LogP contribution is 2.21. The molecule has 2 amide bonds. The van der Waals surface area contributed by atoms with Gasteiger partial charge in [-0.1, -0.05) is 23.8 Å². The monoisotopic (exact) mass is 296 g/mol. The first-order valence-electron chi connectivity index (χ1n) is 6.08. The number of urea groups is 1. The van der Waals surface area contributed by atoms with E-state index in [4.69, 9.17) is 16.7 Å². The number of aromatic carboxylic acids is 1. The molecule has 0 aromatic heterocycles. The summed E-state index contributed by atoms with van der Waals surface area (Å²) in [6.45, 7) is 8.32. The summed E-state index contributed by atoms with van der Waals surface area (Å²) in [6, 6.07) is 3.92. The Morgan fingerprint density at radius 3 is 2.60 bits per heavy atom. The largest absolute Gasteiger partial charge is 0.478 e. The molecule has 0 bridgehead atoms. The van der Waals surface area contributed by atoms with Gasteiger partial charge in [0, 0.05) is 18.1 Å². The van der Waals surface area contributed by atoms with E-state index in [1.165, 1.54) is 23.1 Å². The second kappa shape index (κ2) is 6.96. The van der Waals surface area contributed by atoms with E-state index in [-0.39, 0.29) is 17.3 Å². The van der Waals surface area contributed by atoms with Crippen LogP contribution in [0.4, 0.5) is 10.5 Å². The number of anilines is 1. The van der Waals surface area contributed by atoms with Crippen molar-refractivity contribution in [1.29, 1.82) is 0 Å². The van der Waals surface area contributed by atoms with Gasteiger partial charge in [-0.15, -0.1) is 0 Å². The van der Waals surface area contributed by atoms with Gasteiger partial charge in [0.25, 0.3) is 0 Å². The van der Waals surface area contributed by atoms with Gasteiger partial charge in [0.15, 0.2) is 0 Å². The van der Waals surface area contributed by atoms with E-state index in [0.717, 1.165) is 5.57 Å². The van der Waals surface area contributed by atoms with Crippen LogP contribution < -0.4 is 5.32 Å². The van der Waals surface area contributed by atoms with Gasteiger partial charge in [0.1, 0.15) is 0 Å². The highest BCUT2D eigenvalue weighted by atomic mass is 35.5. The van der Waals surface area contributed by atoms with Crippen molar-refractivity contribution in [2.45, 2.75) is 13.8 Å². The predicted octanol–water partition coefficient (Wildman–Crippen LogP) is 3.47. The molecule has 0 radical (unpaired) electrons. The molecule has 0 atom stereocenters. The third kappa shape index (κ3) is 4.28. The predicted molar refractivity (Wildman–Crippen MR) is 79.5 cm³/mol. The van der Waals surface area contributed by atoms with Gasteiger partial charge in [0.2, 0.25) is 0 Å². The van der Waals surface area contributed by atoms with E-state index < -0.39 is 5.97 Å². The van der Waals surface area contributed by atoms with Crippen LogP contribution in [-0.4, -0.2) is 35.1 Å². The van der Waals surface area contributed by atoms with Crippen LogP contribution in [0.2, 0.25) is 5.02 Å². The number of rotatable bonds is 5. The molecule has 0 heterocycles. The smallest absolute Gasteiger partial charge is 0.337 e. The van der Waals surface area contributed by atoms with Crippen LogP contribution in [0.5, 0.6) is 0 Å². The fourth-order valence-electron chi connectivity index (χ4n) is 1.65. The van der Waals surface area contributed by atoms with Gasteiger partial charge in [-0.3, -0.25) is 0 Å². The molecule has 20 heavy (non-hydrogen) atoms. The third-order valence-electron chi connectivity index (χ3n) is 2.58. The van der Waals surface area contributed by atoms with Crippen molar-refractivity contribution >= 4 is 29.3 Å². The standard InChI is InChI=1S/C14H17ClN2O3/c1-4-17(8-9(2)3)14(20)16-12-6-5-10(15)7-11(12)13(18)19/h5-7H,2,4,8H2,1,3H3,(H,16,20)(H,18,19). The fourth-order valence-corrected chi connectivity index (χ4v) is 1.82. The summed E-state index contributed by atoms with van der Waals surface area (Å²) in [5, 5.41) is 12.0. The summed E-state index contributed by atoms with van der Waals surface area (Å²) >= 11 is 5.76. The Bertz CT molecular complexity index is 543. The van der Waals surface area contributed by atoms with Crippen molar-refractivity contribution in [3.63, 3.8) is 0 Å². The molecule has 1 aromatic carbocycles. The van der Waals surface area contributed by atoms with Crippen molar-refractivity contribution in [2.75, 3.05) is 18.4 Å². The summed E-state index contributed by atoms with van der Waals surface area (Å²) < 4.78 is 0. The maximum atomic E-state index is 12.1. The number of likely N-dealkylation sites (N-methyl/N-ethyl adjacent to an activating group) is 1. The first-order valence-corrected chi connectivity index (χ1v) is 6.46. The molecule has 0 aliphatic heterocycles. The van der Waals surface area contributed by atoms with Crippen LogP contribution in [0, 0.1) is 0 Å². The summed E-state index contributed by atoms with van der Waals surface area (Å²) in [5.41, 5.74) is 1.01. The lowest BCUT2D eigenvalue weighted by atomic mass is 10.2. The maximum Gasteiger partial charge on any atom is 0.337 e. The number of carbonyl (C=O) groups excluding carboxylic acids is 1. The topological polar surface area (TPSA) is 69.6 Å². The zero-order valence-electron chi connectivity index (χ0n) is 11.4. The molecule has 0 aliphatic rings. The minimum absolute atomic E-state index is 0.0442. The minimum atomic E-state index is -1.15. The molecule has 0 fully saturated rings. The van der Waals surface area contributed by atoms with Crippen molar-refractivity contribution in [2.24, 2.45) is 0 Å². The average Bonchev–Trinajstić information content (AvgIpc) is 2.37. The first kappa shape index (κ1) is 16.0. The van der Waals surface area contributed by atoms with Crippen molar-refractivity contribution < 1.29 is 14.7 Å². The van der Waals surface area contributed by atoms with E-state index in [1.54, 1.807) is 0 Å². The Balaban J connectivity index is 2.95. The van der Waals surface area contributed by atoms with Gasteiger partial charge >= 0.3 is 12.0 Å². The van der Waals surface area contributed by atoms with E-state index in [1.807, 2.05) is 13.8 Å². The highest BCUT2D eigenvalue weighted by Gasteiger charge is 2.16. The number of nitrogens with zero attached hydrogens (tertiary/aromatic N) is 1. The Labute approximate surface area is 122 Å². The molecule has 2 N–H and O–H groups in total. The summed E-state index contributed by atoms with van der Waals surface area (Å²) in [5.74, 6) is -1.15. The van der Waals surface area contributed by atoms with Crippen molar-refractivity contribution in [3.05, 3.63) is 40.9 Å². The lowest BCUT2D eigenvalue weighted by Crippen LogP contribution is -2.36. The number of halogens is 1. The SMILES string of the molecule is C=C(C)CN(CC)C(=O)Nc1ccc(Cl)cc1C(=O)O. The Hall–Kier alpha value is -2.01. The van der Waals surface area contributed by atoms with Gasteiger partial charge in [-0.25, -0.2) is 9.59 Å². The van der Waals surface area contributed by atoms with Crippen LogP contribution >= 0.6 is 11.6 Å². The van der Waals surface area contributed by atoms with E-state index in [9.17, 15) is 9.59 Å². The molecule has 6 heteroatoms. The van der Waals surface area contributed by atoms with Gasteiger partial charge in [-0.05, 0) is 32.0 Å². The molecule has 0 spiro atoms. The number of carboxylic acids is 1. The lowest BCUT2D eigenvalue weighted by molar-refractivity contribution is 0.0698. The molecule has 0 saturated heterocycles. The Morgan fingerprint density at radius 1 is 1.45 bits per heavy atom. The highest BCUT2D eigenvalue weighted by molar-refractivity contribution is 6.31. The minimum Gasteiger partial charge on any atom is -0.478 e.